The van der Waals surface area contributed by atoms with Crippen molar-refractivity contribution in [3.63, 3.8) is 0 Å². The Morgan fingerprint density at radius 3 is 3.11 bits per heavy atom. The van der Waals surface area contributed by atoms with Gasteiger partial charge >= 0.3 is 0 Å². The van der Waals surface area contributed by atoms with Gasteiger partial charge in [-0.2, -0.15) is 0 Å². The highest BCUT2D eigenvalue weighted by molar-refractivity contribution is 5.55. The van der Waals surface area contributed by atoms with E-state index in [9.17, 15) is 0 Å². The van der Waals surface area contributed by atoms with E-state index in [1.807, 2.05) is 0 Å². The summed E-state index contributed by atoms with van der Waals surface area (Å²) in [4.78, 5) is 0. The van der Waals surface area contributed by atoms with Crippen molar-refractivity contribution in [2.45, 2.75) is 25.4 Å². The standard InChI is InChI=1S/C6H11NO2/c8-7-4-2-1-3-6-5-9-6/h4,6,8H,1-3,5H2/b7-4+. The molecule has 0 bridgehead atoms. The summed E-state index contributed by atoms with van der Waals surface area (Å²) < 4.78 is 4.98. The quantitative estimate of drug-likeness (QED) is 0.202. The SMILES string of the molecule is O/N=C/CCCC1CO1. The second-order valence-electron chi connectivity index (χ2n) is 2.18. The minimum Gasteiger partial charge on any atom is -0.411 e. The molecule has 0 amide bonds. The van der Waals surface area contributed by atoms with Gasteiger partial charge in [-0.3, -0.25) is 0 Å². The molecule has 1 unspecified atom stereocenters. The van der Waals surface area contributed by atoms with E-state index in [0.29, 0.717) is 6.10 Å². The molecule has 1 aliphatic heterocycles. The Kier molecular flexibility index (Phi) is 2.51. The first-order valence-electron chi connectivity index (χ1n) is 3.21. The highest BCUT2D eigenvalue weighted by Crippen LogP contribution is 2.15. The maximum absolute atomic E-state index is 7.99. The summed E-state index contributed by atoms with van der Waals surface area (Å²) in [5, 5.41) is 10.9. The number of rotatable bonds is 4. The lowest BCUT2D eigenvalue weighted by molar-refractivity contribution is 0.320. The van der Waals surface area contributed by atoms with Gasteiger partial charge in [0.05, 0.1) is 12.7 Å². The van der Waals surface area contributed by atoms with Crippen LogP contribution in [0, 0.1) is 0 Å². The average molecular weight is 129 g/mol. The molecule has 0 aliphatic carbocycles. The lowest BCUT2D eigenvalue weighted by Crippen LogP contribution is -1.85. The Balaban J connectivity index is 1.81. The smallest absolute Gasteiger partial charge is 0.0810 e. The number of nitrogens with zero attached hydrogens (tertiary/aromatic N) is 1. The predicted molar refractivity (Wildman–Crippen MR) is 33.9 cm³/mol. The third kappa shape index (κ3) is 3.08. The Labute approximate surface area is 54.3 Å². The zero-order valence-corrected chi connectivity index (χ0v) is 5.29. The predicted octanol–water partition coefficient (Wildman–Crippen LogP) is 1.02. The molecular formula is C6H11NO2. The maximum Gasteiger partial charge on any atom is 0.0810 e. The number of hydrogen-bond donors (Lipinski definition) is 1. The molecule has 1 atom stereocenters. The van der Waals surface area contributed by atoms with Crippen LogP contribution < -0.4 is 0 Å². The Bertz CT molecular complexity index is 99.2. The zero-order chi connectivity index (χ0) is 6.53. The van der Waals surface area contributed by atoms with E-state index in [-0.39, 0.29) is 0 Å². The fourth-order valence-electron chi connectivity index (χ4n) is 0.729. The van der Waals surface area contributed by atoms with Gasteiger partial charge in [0.2, 0.25) is 0 Å². The van der Waals surface area contributed by atoms with Gasteiger partial charge in [-0.05, 0) is 19.3 Å². The summed E-state index contributed by atoms with van der Waals surface area (Å²) in [7, 11) is 0. The number of oxime groups is 1. The molecule has 1 saturated heterocycles. The summed E-state index contributed by atoms with van der Waals surface area (Å²) in [6.07, 6.45) is 5.05. The molecule has 1 aliphatic rings. The molecule has 0 saturated carbocycles. The van der Waals surface area contributed by atoms with Gasteiger partial charge in [0.15, 0.2) is 0 Å². The van der Waals surface area contributed by atoms with Crippen molar-refractivity contribution in [2.24, 2.45) is 5.16 Å². The summed E-state index contributed by atoms with van der Waals surface area (Å²) >= 11 is 0. The highest BCUT2D eigenvalue weighted by atomic mass is 16.6. The van der Waals surface area contributed by atoms with E-state index < -0.39 is 0 Å². The highest BCUT2D eigenvalue weighted by Gasteiger charge is 2.20. The number of hydrogen-bond acceptors (Lipinski definition) is 3. The first-order valence-corrected chi connectivity index (χ1v) is 3.21. The lowest BCUT2D eigenvalue weighted by atomic mass is 10.2. The molecule has 1 fully saturated rings. The minimum absolute atomic E-state index is 0.511. The van der Waals surface area contributed by atoms with Crippen molar-refractivity contribution in [3.8, 4) is 0 Å². The fraction of sp³-hybridized carbons (Fsp3) is 0.833. The van der Waals surface area contributed by atoms with Crippen molar-refractivity contribution in [1.29, 1.82) is 0 Å². The molecule has 1 N–H and O–H groups in total. The van der Waals surface area contributed by atoms with Gasteiger partial charge in [-0.25, -0.2) is 0 Å². The number of epoxide rings is 1. The summed E-state index contributed by atoms with van der Waals surface area (Å²) in [6.45, 7) is 0.927. The molecule has 3 nitrogen and oxygen atoms in total. The summed E-state index contributed by atoms with van der Waals surface area (Å²) in [6, 6.07) is 0. The van der Waals surface area contributed by atoms with Crippen LogP contribution in [-0.4, -0.2) is 24.1 Å². The van der Waals surface area contributed by atoms with Crippen LogP contribution in [0.4, 0.5) is 0 Å². The molecule has 0 aromatic rings. The maximum atomic E-state index is 7.99. The van der Waals surface area contributed by atoms with Crippen molar-refractivity contribution in [3.05, 3.63) is 0 Å². The molecular weight excluding hydrogens is 118 g/mol. The van der Waals surface area contributed by atoms with E-state index in [1.54, 1.807) is 0 Å². The third-order valence-corrected chi connectivity index (χ3v) is 1.34. The lowest BCUT2D eigenvalue weighted by Gasteiger charge is -1.87. The molecule has 3 heteroatoms. The van der Waals surface area contributed by atoms with Gasteiger partial charge < -0.3 is 9.94 Å². The van der Waals surface area contributed by atoms with Gasteiger partial charge in [0, 0.05) is 6.21 Å². The van der Waals surface area contributed by atoms with Crippen molar-refractivity contribution in [1.82, 2.24) is 0 Å². The minimum atomic E-state index is 0.511. The van der Waals surface area contributed by atoms with Gasteiger partial charge in [-0.1, -0.05) is 0 Å². The van der Waals surface area contributed by atoms with Crippen LogP contribution in [0.3, 0.4) is 0 Å². The van der Waals surface area contributed by atoms with Crippen LogP contribution >= 0.6 is 0 Å². The van der Waals surface area contributed by atoms with Crippen LogP contribution in [0.1, 0.15) is 19.3 Å². The van der Waals surface area contributed by atoms with Crippen LogP contribution in [0.5, 0.6) is 0 Å². The summed E-state index contributed by atoms with van der Waals surface area (Å²) in [5.41, 5.74) is 0. The van der Waals surface area contributed by atoms with Crippen molar-refractivity contribution < 1.29 is 9.94 Å². The van der Waals surface area contributed by atoms with Crippen molar-refractivity contribution >= 4 is 6.21 Å². The van der Waals surface area contributed by atoms with Crippen LogP contribution in [0.25, 0.3) is 0 Å². The van der Waals surface area contributed by atoms with Gasteiger partial charge in [-0.15, -0.1) is 5.16 Å². The fourth-order valence-corrected chi connectivity index (χ4v) is 0.729. The van der Waals surface area contributed by atoms with Gasteiger partial charge in [0.25, 0.3) is 0 Å². The second kappa shape index (κ2) is 3.45. The average Bonchev–Trinajstić information content (AvgIpc) is 2.63. The third-order valence-electron chi connectivity index (χ3n) is 1.34. The molecule has 52 valence electrons. The Morgan fingerprint density at radius 1 is 1.78 bits per heavy atom. The number of ether oxygens (including phenoxy) is 1. The molecule has 0 spiro atoms. The molecule has 1 heterocycles. The van der Waals surface area contributed by atoms with E-state index in [2.05, 4.69) is 5.16 Å². The van der Waals surface area contributed by atoms with Gasteiger partial charge in [0.1, 0.15) is 0 Å². The Morgan fingerprint density at radius 2 is 2.56 bits per heavy atom. The largest absolute Gasteiger partial charge is 0.411 e. The van der Waals surface area contributed by atoms with Crippen LogP contribution in [0.15, 0.2) is 5.16 Å². The van der Waals surface area contributed by atoms with E-state index in [1.165, 1.54) is 6.21 Å². The second-order valence-corrected chi connectivity index (χ2v) is 2.18. The van der Waals surface area contributed by atoms with Crippen LogP contribution in [0.2, 0.25) is 0 Å². The molecule has 9 heavy (non-hydrogen) atoms. The summed E-state index contributed by atoms with van der Waals surface area (Å²) in [5.74, 6) is 0. The zero-order valence-electron chi connectivity index (χ0n) is 5.29. The molecule has 1 rings (SSSR count). The number of unbranched alkanes of at least 4 members (excludes halogenated alkanes) is 1. The Hall–Kier alpha value is -0.570. The van der Waals surface area contributed by atoms with Crippen molar-refractivity contribution in [2.75, 3.05) is 6.61 Å². The topological polar surface area (TPSA) is 45.1 Å². The first-order chi connectivity index (χ1) is 4.43. The molecule has 0 aromatic carbocycles. The van der Waals surface area contributed by atoms with Crippen LogP contribution in [-0.2, 0) is 4.74 Å². The van der Waals surface area contributed by atoms with E-state index >= 15 is 0 Å². The monoisotopic (exact) mass is 129 g/mol. The van der Waals surface area contributed by atoms with E-state index in [0.717, 1.165) is 25.9 Å². The molecule has 0 aromatic heterocycles. The molecule has 0 radical (unpaired) electrons. The normalized spacial score (nSPS) is 25.1. The van der Waals surface area contributed by atoms with E-state index in [4.69, 9.17) is 9.94 Å². The first kappa shape index (κ1) is 6.55.